The molecule has 0 radical (unpaired) electrons. The maximum atomic E-state index is 14.0. The van der Waals surface area contributed by atoms with Gasteiger partial charge in [0.1, 0.15) is 11.4 Å². The SMILES string of the molecule is O=C(Nc1ncc[nH]1)c1ncc(-c2nnnn2-c2cccc(F)c2F)[nH]1. The van der Waals surface area contributed by atoms with Crippen LogP contribution in [0.1, 0.15) is 10.6 Å². The molecule has 1 aromatic carbocycles. The lowest BCUT2D eigenvalue weighted by Gasteiger charge is -2.04. The van der Waals surface area contributed by atoms with E-state index >= 15 is 0 Å². The van der Waals surface area contributed by atoms with Crippen molar-refractivity contribution in [2.75, 3.05) is 5.32 Å². The quantitative estimate of drug-likeness (QED) is 0.505. The van der Waals surface area contributed by atoms with Crippen LogP contribution >= 0.6 is 0 Å². The summed E-state index contributed by atoms with van der Waals surface area (Å²) in [6.07, 6.45) is 4.33. The maximum Gasteiger partial charge on any atom is 0.293 e. The van der Waals surface area contributed by atoms with Crippen molar-refractivity contribution >= 4 is 11.9 Å². The summed E-state index contributed by atoms with van der Waals surface area (Å²) >= 11 is 0. The number of hydrogen-bond donors (Lipinski definition) is 3. The molecule has 26 heavy (non-hydrogen) atoms. The first-order valence-electron chi connectivity index (χ1n) is 7.22. The van der Waals surface area contributed by atoms with Gasteiger partial charge in [0, 0.05) is 12.4 Å². The fourth-order valence-corrected chi connectivity index (χ4v) is 2.22. The second kappa shape index (κ2) is 6.16. The predicted octanol–water partition coefficient (Wildman–Crippen LogP) is 1.31. The highest BCUT2D eigenvalue weighted by atomic mass is 19.2. The highest BCUT2D eigenvalue weighted by Gasteiger charge is 2.19. The van der Waals surface area contributed by atoms with Gasteiger partial charge in [-0.2, -0.15) is 4.68 Å². The largest absolute Gasteiger partial charge is 0.331 e. The van der Waals surface area contributed by atoms with Crippen molar-refractivity contribution in [3.63, 3.8) is 0 Å². The lowest BCUT2D eigenvalue weighted by molar-refractivity contribution is 0.101. The highest BCUT2D eigenvalue weighted by molar-refractivity contribution is 6.00. The van der Waals surface area contributed by atoms with E-state index in [2.05, 4.69) is 40.8 Å². The summed E-state index contributed by atoms with van der Waals surface area (Å²) in [6.45, 7) is 0. The number of carbonyl (C=O) groups is 1. The molecule has 0 aliphatic carbocycles. The number of benzene rings is 1. The number of nitrogens with one attached hydrogen (secondary N) is 3. The molecule has 0 fully saturated rings. The number of anilines is 1. The number of hydrogen-bond acceptors (Lipinski definition) is 6. The van der Waals surface area contributed by atoms with Crippen LogP contribution in [0.15, 0.2) is 36.8 Å². The lowest BCUT2D eigenvalue weighted by atomic mass is 10.3. The number of rotatable bonds is 4. The Morgan fingerprint density at radius 2 is 2.12 bits per heavy atom. The number of aromatic amines is 2. The van der Waals surface area contributed by atoms with Crippen molar-refractivity contribution in [1.29, 1.82) is 0 Å². The van der Waals surface area contributed by atoms with Crippen LogP contribution in [0.2, 0.25) is 0 Å². The zero-order valence-electron chi connectivity index (χ0n) is 12.8. The molecule has 0 aliphatic rings. The van der Waals surface area contributed by atoms with Crippen molar-refractivity contribution in [2.45, 2.75) is 0 Å². The second-order valence-electron chi connectivity index (χ2n) is 5.02. The van der Waals surface area contributed by atoms with Gasteiger partial charge >= 0.3 is 0 Å². The van der Waals surface area contributed by atoms with Gasteiger partial charge in [0.25, 0.3) is 5.91 Å². The minimum atomic E-state index is -1.10. The van der Waals surface area contributed by atoms with Crippen molar-refractivity contribution in [1.82, 2.24) is 40.1 Å². The zero-order valence-corrected chi connectivity index (χ0v) is 12.8. The molecule has 0 saturated heterocycles. The fraction of sp³-hybridized carbons (Fsp3) is 0. The van der Waals surface area contributed by atoms with Crippen molar-refractivity contribution in [3.8, 4) is 17.2 Å². The topological polar surface area (TPSA) is 130 Å². The molecule has 4 rings (SSSR count). The third-order valence-electron chi connectivity index (χ3n) is 3.39. The Morgan fingerprint density at radius 3 is 2.92 bits per heavy atom. The number of imidazole rings is 2. The number of H-pyrrole nitrogens is 2. The van der Waals surface area contributed by atoms with Crippen LogP contribution < -0.4 is 5.32 Å². The van der Waals surface area contributed by atoms with E-state index in [4.69, 9.17) is 0 Å². The maximum absolute atomic E-state index is 14.0. The normalized spacial score (nSPS) is 10.8. The first-order chi connectivity index (χ1) is 12.6. The number of amides is 1. The molecule has 0 atom stereocenters. The number of carbonyl (C=O) groups excluding carboxylic acids is 1. The Balaban J connectivity index is 1.66. The van der Waals surface area contributed by atoms with Gasteiger partial charge in [-0.3, -0.25) is 10.1 Å². The van der Waals surface area contributed by atoms with Crippen LogP contribution in [0.3, 0.4) is 0 Å². The molecule has 3 heterocycles. The first kappa shape index (κ1) is 15.6. The Morgan fingerprint density at radius 1 is 1.23 bits per heavy atom. The van der Waals surface area contributed by atoms with Gasteiger partial charge < -0.3 is 9.97 Å². The molecule has 4 aromatic rings. The molecule has 0 unspecified atom stereocenters. The van der Waals surface area contributed by atoms with E-state index in [-0.39, 0.29) is 29.0 Å². The molecular formula is C14H9F2N9O. The van der Waals surface area contributed by atoms with E-state index in [0.717, 1.165) is 10.7 Å². The first-order valence-corrected chi connectivity index (χ1v) is 7.22. The Bertz CT molecular complexity index is 1070. The molecule has 1 amide bonds. The summed E-state index contributed by atoms with van der Waals surface area (Å²) in [6, 6.07) is 3.63. The average Bonchev–Trinajstić information content (AvgIpc) is 3.37. The summed E-state index contributed by atoms with van der Waals surface area (Å²) in [5.41, 5.74) is 0.0597. The summed E-state index contributed by atoms with van der Waals surface area (Å²) in [7, 11) is 0. The molecule has 130 valence electrons. The Kier molecular flexibility index (Phi) is 3.69. The third kappa shape index (κ3) is 2.68. The van der Waals surface area contributed by atoms with Crippen molar-refractivity contribution in [3.05, 3.63) is 54.2 Å². The van der Waals surface area contributed by atoms with Gasteiger partial charge in [-0.25, -0.2) is 18.7 Å². The molecule has 0 bridgehead atoms. The van der Waals surface area contributed by atoms with Crippen molar-refractivity contribution < 1.29 is 13.6 Å². The minimum Gasteiger partial charge on any atom is -0.331 e. The van der Waals surface area contributed by atoms with Gasteiger partial charge in [-0.05, 0) is 22.6 Å². The summed E-state index contributed by atoms with van der Waals surface area (Å²) in [5, 5.41) is 13.4. The molecule has 3 aromatic heterocycles. The minimum absolute atomic E-state index is 0.0364. The Hall–Kier alpha value is -3.96. The molecule has 0 aliphatic heterocycles. The zero-order chi connectivity index (χ0) is 18.1. The van der Waals surface area contributed by atoms with E-state index < -0.39 is 17.5 Å². The Labute approximate surface area is 143 Å². The molecule has 3 N–H and O–H groups in total. The van der Waals surface area contributed by atoms with Crippen LogP contribution in [-0.2, 0) is 0 Å². The predicted molar refractivity (Wildman–Crippen MR) is 83.2 cm³/mol. The number of nitrogens with zero attached hydrogens (tertiary/aromatic N) is 6. The second-order valence-corrected chi connectivity index (χ2v) is 5.02. The standard InChI is InChI=1S/C14H9F2N9O/c15-7-2-1-3-9(10(7)16)25-12(22-23-24-25)8-6-19-11(20-8)13(26)21-14-17-4-5-18-14/h1-6H,(H,19,20)(H2,17,18,21,26). The van der Waals surface area contributed by atoms with Crippen LogP contribution in [0, 0.1) is 11.6 Å². The van der Waals surface area contributed by atoms with Gasteiger partial charge in [0.2, 0.25) is 11.8 Å². The van der Waals surface area contributed by atoms with Gasteiger partial charge in [0.15, 0.2) is 17.5 Å². The molecule has 12 heteroatoms. The van der Waals surface area contributed by atoms with Crippen LogP contribution in [0.4, 0.5) is 14.7 Å². The van der Waals surface area contributed by atoms with Crippen molar-refractivity contribution in [2.24, 2.45) is 0 Å². The third-order valence-corrected chi connectivity index (χ3v) is 3.39. The van der Waals surface area contributed by atoms with Gasteiger partial charge in [-0.1, -0.05) is 6.07 Å². The van der Waals surface area contributed by atoms with E-state index in [1.165, 1.54) is 24.5 Å². The summed E-state index contributed by atoms with van der Waals surface area (Å²) < 4.78 is 28.5. The van der Waals surface area contributed by atoms with E-state index in [0.29, 0.717) is 0 Å². The summed E-state index contributed by atoms with van der Waals surface area (Å²) in [4.78, 5) is 25.4. The van der Waals surface area contributed by atoms with Crippen LogP contribution in [0.5, 0.6) is 0 Å². The summed E-state index contributed by atoms with van der Waals surface area (Å²) in [5.74, 6) is -2.42. The van der Waals surface area contributed by atoms with E-state index in [1.54, 1.807) is 6.20 Å². The van der Waals surface area contributed by atoms with Crippen LogP contribution in [0.25, 0.3) is 17.2 Å². The monoisotopic (exact) mass is 357 g/mol. The lowest BCUT2D eigenvalue weighted by Crippen LogP contribution is -2.14. The molecule has 10 nitrogen and oxygen atoms in total. The van der Waals surface area contributed by atoms with Crippen LogP contribution in [-0.4, -0.2) is 46.1 Å². The molecular weight excluding hydrogens is 348 g/mol. The number of tetrazole rings is 1. The number of aromatic nitrogens is 8. The van der Waals surface area contributed by atoms with E-state index in [9.17, 15) is 13.6 Å². The molecule has 0 saturated carbocycles. The number of halogens is 2. The highest BCUT2D eigenvalue weighted by Crippen LogP contribution is 2.21. The average molecular weight is 357 g/mol. The van der Waals surface area contributed by atoms with E-state index in [1.807, 2.05) is 0 Å². The molecule has 0 spiro atoms. The smallest absolute Gasteiger partial charge is 0.293 e. The van der Waals surface area contributed by atoms with Gasteiger partial charge in [0.05, 0.1) is 6.20 Å². The van der Waals surface area contributed by atoms with Gasteiger partial charge in [-0.15, -0.1) is 5.10 Å². The fourth-order valence-electron chi connectivity index (χ4n) is 2.22.